The molecule has 0 bridgehead atoms. The van der Waals surface area contributed by atoms with Gasteiger partial charge in [-0.05, 0) is 50.8 Å². The Hall–Kier alpha value is -0.910. The molecular weight excluding hydrogens is 270 g/mol. The molecule has 0 aromatic carbocycles. The van der Waals surface area contributed by atoms with Crippen LogP contribution >= 0.6 is 11.3 Å². The summed E-state index contributed by atoms with van der Waals surface area (Å²) in [6, 6.07) is 4.57. The second-order valence-corrected chi connectivity index (χ2v) is 6.91. The van der Waals surface area contributed by atoms with E-state index in [0.717, 1.165) is 12.5 Å². The molecule has 20 heavy (non-hydrogen) atoms. The third-order valence-corrected chi connectivity index (χ3v) is 5.51. The smallest absolute Gasteiger partial charge is 0.275 e. The molecule has 0 atom stereocenters. The standard InChI is InChI=1S/C15H25N3OS/c1-3-11-4-6-12(7-5-11)18(2)10-13-8-9-14(20-13)15(19)17-16/h8-9,11-12H,3-7,10,16H2,1-2H3,(H,17,19). The number of hydrogen-bond donors (Lipinski definition) is 2. The normalized spacial score (nSPS) is 23.0. The minimum absolute atomic E-state index is 0.202. The van der Waals surface area contributed by atoms with Crippen LogP contribution in [0, 0.1) is 5.92 Å². The van der Waals surface area contributed by atoms with E-state index in [0.29, 0.717) is 10.9 Å². The number of carbonyl (C=O) groups excluding carboxylic acids is 1. The summed E-state index contributed by atoms with van der Waals surface area (Å²) in [5.74, 6) is 5.88. The van der Waals surface area contributed by atoms with Crippen molar-refractivity contribution in [2.24, 2.45) is 11.8 Å². The van der Waals surface area contributed by atoms with E-state index in [1.165, 1.54) is 48.3 Å². The second-order valence-electron chi connectivity index (χ2n) is 5.74. The zero-order valence-corrected chi connectivity index (χ0v) is 13.2. The Kier molecular flexibility index (Phi) is 5.57. The molecule has 5 heteroatoms. The molecule has 0 radical (unpaired) electrons. The summed E-state index contributed by atoms with van der Waals surface area (Å²) in [5.41, 5.74) is 2.18. The highest BCUT2D eigenvalue weighted by Gasteiger charge is 2.23. The zero-order valence-electron chi connectivity index (χ0n) is 12.4. The SMILES string of the molecule is CCC1CCC(N(C)Cc2ccc(C(=O)NN)s2)CC1. The van der Waals surface area contributed by atoms with Crippen molar-refractivity contribution in [2.45, 2.75) is 51.6 Å². The third-order valence-electron chi connectivity index (χ3n) is 4.44. The number of carbonyl (C=O) groups is 1. The van der Waals surface area contributed by atoms with Gasteiger partial charge in [0.2, 0.25) is 0 Å². The van der Waals surface area contributed by atoms with Gasteiger partial charge in [0, 0.05) is 17.5 Å². The molecule has 1 aliphatic rings. The zero-order chi connectivity index (χ0) is 14.5. The molecule has 3 N–H and O–H groups in total. The van der Waals surface area contributed by atoms with Crippen LogP contribution in [-0.4, -0.2) is 23.9 Å². The first-order chi connectivity index (χ1) is 9.63. The molecule has 1 saturated carbocycles. The lowest BCUT2D eigenvalue weighted by atomic mass is 9.84. The number of hydrazine groups is 1. The maximum Gasteiger partial charge on any atom is 0.275 e. The van der Waals surface area contributed by atoms with Gasteiger partial charge in [-0.3, -0.25) is 15.1 Å². The molecule has 2 rings (SSSR count). The fourth-order valence-corrected chi connectivity index (χ4v) is 4.00. The van der Waals surface area contributed by atoms with Crippen molar-refractivity contribution in [1.29, 1.82) is 0 Å². The molecule has 1 aromatic rings. The summed E-state index contributed by atoms with van der Waals surface area (Å²) < 4.78 is 0. The molecule has 0 spiro atoms. The summed E-state index contributed by atoms with van der Waals surface area (Å²) in [5, 5.41) is 0. The van der Waals surface area contributed by atoms with Gasteiger partial charge in [-0.25, -0.2) is 5.84 Å². The first kappa shape index (κ1) is 15.5. The van der Waals surface area contributed by atoms with E-state index >= 15 is 0 Å². The fourth-order valence-electron chi connectivity index (χ4n) is 3.02. The van der Waals surface area contributed by atoms with Crippen LogP contribution in [0.3, 0.4) is 0 Å². The van der Waals surface area contributed by atoms with Gasteiger partial charge in [0.05, 0.1) is 4.88 Å². The quantitative estimate of drug-likeness (QED) is 0.499. The Balaban J connectivity index is 1.86. The number of thiophene rings is 1. The Morgan fingerprint density at radius 3 is 2.70 bits per heavy atom. The summed E-state index contributed by atoms with van der Waals surface area (Å²) in [7, 11) is 2.19. The van der Waals surface area contributed by atoms with Gasteiger partial charge in [0.25, 0.3) is 5.91 Å². The molecule has 1 amide bonds. The number of amides is 1. The van der Waals surface area contributed by atoms with E-state index in [1.807, 2.05) is 12.1 Å². The molecule has 1 heterocycles. The Labute approximate surface area is 125 Å². The monoisotopic (exact) mass is 295 g/mol. The number of nitrogen functional groups attached to an aromatic ring is 1. The molecule has 1 aliphatic carbocycles. The van der Waals surface area contributed by atoms with Crippen LogP contribution < -0.4 is 11.3 Å². The van der Waals surface area contributed by atoms with E-state index in [2.05, 4.69) is 24.3 Å². The topological polar surface area (TPSA) is 58.4 Å². The highest BCUT2D eigenvalue weighted by molar-refractivity contribution is 7.14. The fraction of sp³-hybridized carbons (Fsp3) is 0.667. The minimum Gasteiger partial charge on any atom is -0.298 e. The van der Waals surface area contributed by atoms with Gasteiger partial charge in [-0.1, -0.05) is 13.3 Å². The molecule has 0 unspecified atom stereocenters. The van der Waals surface area contributed by atoms with Crippen molar-refractivity contribution in [3.63, 3.8) is 0 Å². The van der Waals surface area contributed by atoms with Crippen LogP contribution in [0.25, 0.3) is 0 Å². The Bertz CT molecular complexity index is 438. The third kappa shape index (κ3) is 3.81. The van der Waals surface area contributed by atoms with Gasteiger partial charge < -0.3 is 0 Å². The first-order valence-electron chi connectivity index (χ1n) is 7.44. The molecule has 1 aromatic heterocycles. The number of nitrogens with two attached hydrogens (primary N) is 1. The number of nitrogens with one attached hydrogen (secondary N) is 1. The molecular formula is C15H25N3OS. The lowest BCUT2D eigenvalue weighted by Gasteiger charge is -2.34. The van der Waals surface area contributed by atoms with Crippen molar-refractivity contribution in [3.05, 3.63) is 21.9 Å². The number of rotatable bonds is 5. The second kappa shape index (κ2) is 7.20. The van der Waals surface area contributed by atoms with Crippen LogP contribution in [0.5, 0.6) is 0 Å². The van der Waals surface area contributed by atoms with E-state index in [-0.39, 0.29) is 5.91 Å². The van der Waals surface area contributed by atoms with E-state index in [9.17, 15) is 4.79 Å². The maximum atomic E-state index is 11.4. The molecule has 1 fully saturated rings. The first-order valence-corrected chi connectivity index (χ1v) is 8.25. The molecule has 112 valence electrons. The predicted octanol–water partition coefficient (Wildman–Crippen LogP) is 2.75. The van der Waals surface area contributed by atoms with Crippen molar-refractivity contribution in [2.75, 3.05) is 7.05 Å². The lowest BCUT2D eigenvalue weighted by Crippen LogP contribution is -2.34. The highest BCUT2D eigenvalue weighted by atomic mass is 32.1. The van der Waals surface area contributed by atoms with Crippen molar-refractivity contribution >= 4 is 17.2 Å². The van der Waals surface area contributed by atoms with Gasteiger partial charge >= 0.3 is 0 Å². The summed E-state index contributed by atoms with van der Waals surface area (Å²) >= 11 is 1.53. The highest BCUT2D eigenvalue weighted by Crippen LogP contribution is 2.30. The van der Waals surface area contributed by atoms with Crippen LogP contribution in [0.1, 0.15) is 53.6 Å². The predicted molar refractivity (Wildman–Crippen MR) is 83.5 cm³/mol. The van der Waals surface area contributed by atoms with Crippen LogP contribution in [0.15, 0.2) is 12.1 Å². The summed E-state index contributed by atoms with van der Waals surface area (Å²) in [6.45, 7) is 3.22. The maximum absolute atomic E-state index is 11.4. The van der Waals surface area contributed by atoms with Gasteiger partial charge in [-0.2, -0.15) is 0 Å². The Morgan fingerprint density at radius 1 is 1.40 bits per heavy atom. The van der Waals surface area contributed by atoms with Crippen molar-refractivity contribution < 1.29 is 4.79 Å². The summed E-state index contributed by atoms with van der Waals surface area (Å²) in [4.78, 5) is 15.8. The van der Waals surface area contributed by atoms with Gasteiger partial charge in [-0.15, -0.1) is 11.3 Å². The van der Waals surface area contributed by atoms with Crippen LogP contribution in [-0.2, 0) is 6.54 Å². The van der Waals surface area contributed by atoms with E-state index in [4.69, 9.17) is 5.84 Å². The molecule has 4 nitrogen and oxygen atoms in total. The van der Waals surface area contributed by atoms with Gasteiger partial charge in [0.1, 0.15) is 0 Å². The number of nitrogens with zero attached hydrogens (tertiary/aromatic N) is 1. The Morgan fingerprint density at radius 2 is 2.10 bits per heavy atom. The summed E-state index contributed by atoms with van der Waals surface area (Å²) in [6.07, 6.45) is 6.64. The average molecular weight is 295 g/mol. The van der Waals surface area contributed by atoms with E-state index in [1.54, 1.807) is 0 Å². The average Bonchev–Trinajstić information content (AvgIpc) is 2.95. The van der Waals surface area contributed by atoms with Crippen LogP contribution in [0.4, 0.5) is 0 Å². The molecule has 0 saturated heterocycles. The van der Waals surface area contributed by atoms with E-state index < -0.39 is 0 Å². The largest absolute Gasteiger partial charge is 0.298 e. The molecule has 0 aliphatic heterocycles. The number of hydrogen-bond acceptors (Lipinski definition) is 4. The minimum atomic E-state index is -0.202. The van der Waals surface area contributed by atoms with Gasteiger partial charge in [0.15, 0.2) is 0 Å². The van der Waals surface area contributed by atoms with Crippen molar-refractivity contribution in [1.82, 2.24) is 10.3 Å². The lowest BCUT2D eigenvalue weighted by molar-refractivity contribution is 0.0957. The van der Waals surface area contributed by atoms with Crippen molar-refractivity contribution in [3.8, 4) is 0 Å². The van der Waals surface area contributed by atoms with Crippen LogP contribution in [0.2, 0.25) is 0 Å².